The number of aryl methyl sites for hydroxylation is 1. The van der Waals surface area contributed by atoms with Crippen LogP contribution in [0.3, 0.4) is 0 Å². The number of carbonyl (C=O) groups is 1. The Bertz CT molecular complexity index is 439. The Hall–Kier alpha value is -0.510. The molecule has 0 aliphatic rings. The molecule has 0 radical (unpaired) electrons. The van der Waals surface area contributed by atoms with Crippen LogP contribution in [0.4, 0.5) is 0 Å². The SMILES string of the molecule is CCCC(C)(C)c1cc(C(=O)[O-])c(C)cc1O.[Na+]. The van der Waals surface area contributed by atoms with Gasteiger partial charge in [-0.25, -0.2) is 0 Å². The van der Waals surface area contributed by atoms with E-state index in [-0.39, 0.29) is 46.3 Å². The van der Waals surface area contributed by atoms with Crippen molar-refractivity contribution in [2.45, 2.75) is 46.0 Å². The topological polar surface area (TPSA) is 60.4 Å². The molecular weight excluding hydrogens is 239 g/mol. The number of aromatic hydroxyl groups is 1. The van der Waals surface area contributed by atoms with Crippen molar-refractivity contribution in [2.24, 2.45) is 0 Å². The molecule has 0 fully saturated rings. The van der Waals surface area contributed by atoms with Gasteiger partial charge in [0.05, 0.1) is 5.97 Å². The van der Waals surface area contributed by atoms with Crippen molar-refractivity contribution in [3.8, 4) is 5.75 Å². The molecule has 0 atom stereocenters. The molecule has 0 saturated heterocycles. The van der Waals surface area contributed by atoms with Gasteiger partial charge in [0.25, 0.3) is 0 Å². The Labute approximate surface area is 131 Å². The summed E-state index contributed by atoms with van der Waals surface area (Å²) in [4.78, 5) is 11.0. The second kappa shape index (κ2) is 6.60. The van der Waals surface area contributed by atoms with Gasteiger partial charge < -0.3 is 15.0 Å². The molecule has 0 saturated carbocycles. The van der Waals surface area contributed by atoms with Crippen molar-refractivity contribution in [2.75, 3.05) is 0 Å². The zero-order chi connectivity index (χ0) is 13.2. The van der Waals surface area contributed by atoms with Crippen LogP contribution in [-0.4, -0.2) is 11.1 Å². The van der Waals surface area contributed by atoms with E-state index in [2.05, 4.69) is 6.92 Å². The monoisotopic (exact) mass is 258 g/mol. The average Bonchev–Trinajstić information content (AvgIpc) is 2.15. The van der Waals surface area contributed by atoms with Crippen LogP contribution in [-0.2, 0) is 5.41 Å². The molecule has 18 heavy (non-hydrogen) atoms. The summed E-state index contributed by atoms with van der Waals surface area (Å²) in [6.45, 7) is 7.72. The number of carbonyl (C=O) groups excluding carboxylic acids is 1. The third-order valence-electron chi connectivity index (χ3n) is 3.17. The van der Waals surface area contributed by atoms with Gasteiger partial charge in [0.15, 0.2) is 0 Å². The van der Waals surface area contributed by atoms with E-state index in [0.29, 0.717) is 11.1 Å². The maximum absolute atomic E-state index is 11.0. The van der Waals surface area contributed by atoms with Gasteiger partial charge in [0.1, 0.15) is 5.75 Å². The second-order valence-corrected chi connectivity index (χ2v) is 5.11. The molecule has 0 heterocycles. The molecule has 0 unspecified atom stereocenters. The summed E-state index contributed by atoms with van der Waals surface area (Å²) in [5, 5.41) is 20.9. The molecule has 1 aromatic carbocycles. The largest absolute Gasteiger partial charge is 1.00 e. The minimum atomic E-state index is -1.20. The van der Waals surface area contributed by atoms with Crippen molar-refractivity contribution in [3.63, 3.8) is 0 Å². The number of hydrogen-bond acceptors (Lipinski definition) is 3. The van der Waals surface area contributed by atoms with E-state index in [1.165, 1.54) is 12.1 Å². The first-order chi connectivity index (χ1) is 7.79. The van der Waals surface area contributed by atoms with Gasteiger partial charge in [0, 0.05) is 11.1 Å². The Kier molecular flexibility index (Phi) is 6.41. The van der Waals surface area contributed by atoms with Crippen molar-refractivity contribution in [1.82, 2.24) is 0 Å². The number of aromatic carboxylic acids is 1. The fourth-order valence-corrected chi connectivity index (χ4v) is 2.21. The number of hydrogen-bond donors (Lipinski definition) is 1. The normalized spacial score (nSPS) is 10.9. The quantitative estimate of drug-likeness (QED) is 0.715. The van der Waals surface area contributed by atoms with E-state index < -0.39 is 5.97 Å². The smallest absolute Gasteiger partial charge is 0.545 e. The maximum Gasteiger partial charge on any atom is 1.00 e. The van der Waals surface area contributed by atoms with Crippen molar-refractivity contribution in [3.05, 3.63) is 28.8 Å². The minimum absolute atomic E-state index is 0. The summed E-state index contributed by atoms with van der Waals surface area (Å²) in [7, 11) is 0. The molecule has 1 aromatic rings. The Morgan fingerprint density at radius 2 is 1.94 bits per heavy atom. The second-order valence-electron chi connectivity index (χ2n) is 5.11. The first-order valence-electron chi connectivity index (χ1n) is 5.85. The average molecular weight is 258 g/mol. The van der Waals surface area contributed by atoms with Gasteiger partial charge in [0.2, 0.25) is 0 Å². The molecule has 3 nitrogen and oxygen atoms in total. The van der Waals surface area contributed by atoms with Crippen LogP contribution >= 0.6 is 0 Å². The summed E-state index contributed by atoms with van der Waals surface area (Å²) in [5.74, 6) is -1.04. The Morgan fingerprint density at radius 1 is 1.39 bits per heavy atom. The standard InChI is InChI=1S/C14H20O3.Na/c1-5-6-14(3,4)11-8-10(13(16)17)9(2)7-12(11)15;/h7-8,15H,5-6H2,1-4H3,(H,16,17);/q;+1/p-1. The first kappa shape index (κ1) is 17.5. The van der Waals surface area contributed by atoms with Crippen LogP contribution < -0.4 is 34.7 Å². The molecule has 1 rings (SSSR count). The molecule has 0 aliphatic carbocycles. The van der Waals surface area contributed by atoms with E-state index in [0.717, 1.165) is 12.8 Å². The Balaban J connectivity index is 0.00000289. The summed E-state index contributed by atoms with van der Waals surface area (Å²) in [6, 6.07) is 3.04. The Morgan fingerprint density at radius 3 is 2.39 bits per heavy atom. The van der Waals surface area contributed by atoms with Crippen LogP contribution in [0.1, 0.15) is 55.1 Å². The molecule has 0 aliphatic heterocycles. The molecule has 0 spiro atoms. The number of phenolic OH excluding ortho intramolecular Hbond substituents is 1. The summed E-state index contributed by atoms with van der Waals surface area (Å²) >= 11 is 0. The van der Waals surface area contributed by atoms with Gasteiger partial charge in [-0.05, 0) is 36.5 Å². The van der Waals surface area contributed by atoms with Gasteiger partial charge >= 0.3 is 29.6 Å². The van der Waals surface area contributed by atoms with Crippen molar-refractivity contribution < 1.29 is 44.6 Å². The summed E-state index contributed by atoms with van der Waals surface area (Å²) in [5.41, 5.74) is 1.11. The number of rotatable bonds is 4. The van der Waals surface area contributed by atoms with Gasteiger partial charge in [-0.1, -0.05) is 27.2 Å². The van der Waals surface area contributed by atoms with Crippen LogP contribution in [0.15, 0.2) is 12.1 Å². The number of phenols is 1. The van der Waals surface area contributed by atoms with E-state index in [9.17, 15) is 15.0 Å². The van der Waals surface area contributed by atoms with E-state index in [4.69, 9.17) is 0 Å². The first-order valence-corrected chi connectivity index (χ1v) is 5.85. The predicted molar refractivity (Wildman–Crippen MR) is 65.1 cm³/mol. The summed E-state index contributed by atoms with van der Waals surface area (Å²) in [6.07, 6.45) is 1.86. The number of carboxylic acids is 1. The third-order valence-corrected chi connectivity index (χ3v) is 3.17. The van der Waals surface area contributed by atoms with E-state index in [1.807, 2.05) is 13.8 Å². The molecule has 0 bridgehead atoms. The molecule has 94 valence electrons. The number of benzene rings is 1. The third kappa shape index (κ3) is 3.74. The number of carboxylic acid groups (broad SMARTS) is 1. The molecule has 1 N–H and O–H groups in total. The van der Waals surface area contributed by atoms with E-state index >= 15 is 0 Å². The van der Waals surface area contributed by atoms with E-state index in [1.54, 1.807) is 6.92 Å². The molecule has 0 aromatic heterocycles. The fraction of sp³-hybridized carbons (Fsp3) is 0.500. The minimum Gasteiger partial charge on any atom is -0.545 e. The molecule has 4 heteroatoms. The van der Waals surface area contributed by atoms with Crippen molar-refractivity contribution >= 4 is 5.97 Å². The van der Waals surface area contributed by atoms with Gasteiger partial charge in [-0.2, -0.15) is 0 Å². The zero-order valence-corrected chi connectivity index (χ0v) is 13.8. The zero-order valence-electron chi connectivity index (χ0n) is 11.8. The molecule has 0 amide bonds. The van der Waals surface area contributed by atoms with Gasteiger partial charge in [-0.15, -0.1) is 0 Å². The maximum atomic E-state index is 11.0. The predicted octanol–water partition coefficient (Wildman–Crippen LogP) is -0.854. The summed E-state index contributed by atoms with van der Waals surface area (Å²) < 4.78 is 0. The van der Waals surface area contributed by atoms with Gasteiger partial charge in [-0.3, -0.25) is 0 Å². The van der Waals surface area contributed by atoms with Crippen LogP contribution in [0.25, 0.3) is 0 Å². The van der Waals surface area contributed by atoms with Crippen molar-refractivity contribution in [1.29, 1.82) is 0 Å². The van der Waals surface area contributed by atoms with Crippen LogP contribution in [0, 0.1) is 6.92 Å². The molecular formula is C14H19NaO3. The van der Waals surface area contributed by atoms with Crippen LogP contribution in [0.5, 0.6) is 5.75 Å². The van der Waals surface area contributed by atoms with Crippen LogP contribution in [0.2, 0.25) is 0 Å². The fourth-order valence-electron chi connectivity index (χ4n) is 2.21.